The molecule has 0 aromatic carbocycles. The van der Waals surface area contributed by atoms with Crippen LogP contribution in [0.4, 0.5) is 4.79 Å². The van der Waals surface area contributed by atoms with E-state index < -0.39 is 11.4 Å². The van der Waals surface area contributed by atoms with Crippen LogP contribution in [-0.4, -0.2) is 54.9 Å². The van der Waals surface area contributed by atoms with Gasteiger partial charge in [-0.1, -0.05) is 13.3 Å². The first-order chi connectivity index (χ1) is 10.1. The smallest absolute Gasteiger partial charge is 0.317 e. The molecule has 6 nitrogen and oxygen atoms in total. The molecule has 120 valence electrons. The third kappa shape index (κ3) is 3.87. The maximum Gasteiger partial charge on any atom is 0.317 e. The largest absolute Gasteiger partial charge is 0.481 e. The molecule has 1 atom stereocenters. The van der Waals surface area contributed by atoms with E-state index in [0.29, 0.717) is 32.0 Å². The topological polar surface area (TPSA) is 78.9 Å². The second kappa shape index (κ2) is 7.11. The molecule has 2 fully saturated rings. The van der Waals surface area contributed by atoms with Crippen molar-refractivity contribution in [2.75, 3.05) is 32.8 Å². The summed E-state index contributed by atoms with van der Waals surface area (Å²) >= 11 is 0. The van der Waals surface area contributed by atoms with E-state index in [1.165, 1.54) is 6.42 Å². The van der Waals surface area contributed by atoms with Crippen LogP contribution in [0, 0.1) is 11.3 Å². The van der Waals surface area contributed by atoms with Crippen molar-refractivity contribution in [3.05, 3.63) is 0 Å². The number of aliphatic carboxylic acids is 1. The molecule has 2 amide bonds. The van der Waals surface area contributed by atoms with Gasteiger partial charge in [0.2, 0.25) is 0 Å². The van der Waals surface area contributed by atoms with Gasteiger partial charge in [0.05, 0.1) is 5.41 Å². The first-order valence-corrected chi connectivity index (χ1v) is 7.91. The summed E-state index contributed by atoms with van der Waals surface area (Å²) in [7, 11) is 0. The highest BCUT2D eigenvalue weighted by Gasteiger charge is 2.40. The van der Waals surface area contributed by atoms with Crippen LogP contribution < -0.4 is 5.32 Å². The van der Waals surface area contributed by atoms with Gasteiger partial charge in [-0.15, -0.1) is 0 Å². The highest BCUT2D eigenvalue weighted by molar-refractivity contribution is 5.78. The lowest BCUT2D eigenvalue weighted by Gasteiger charge is -2.36. The van der Waals surface area contributed by atoms with Crippen LogP contribution in [0.2, 0.25) is 0 Å². The molecule has 21 heavy (non-hydrogen) atoms. The van der Waals surface area contributed by atoms with Gasteiger partial charge in [0.15, 0.2) is 0 Å². The van der Waals surface area contributed by atoms with Crippen molar-refractivity contribution < 1.29 is 19.4 Å². The Balaban J connectivity index is 1.88. The summed E-state index contributed by atoms with van der Waals surface area (Å²) in [6.45, 7) is 4.79. The fourth-order valence-corrected chi connectivity index (χ4v) is 3.17. The maximum atomic E-state index is 12.3. The van der Waals surface area contributed by atoms with Crippen LogP contribution in [0.25, 0.3) is 0 Å². The van der Waals surface area contributed by atoms with Crippen molar-refractivity contribution in [1.29, 1.82) is 0 Å². The Morgan fingerprint density at radius 1 is 1.38 bits per heavy atom. The van der Waals surface area contributed by atoms with Gasteiger partial charge in [-0.05, 0) is 31.6 Å². The number of nitrogens with zero attached hydrogens (tertiary/aromatic N) is 1. The Hall–Kier alpha value is -1.30. The molecule has 2 aliphatic rings. The minimum atomic E-state index is -0.867. The number of ether oxygens (including phenoxy) is 1. The molecule has 0 radical (unpaired) electrons. The van der Waals surface area contributed by atoms with Crippen molar-refractivity contribution in [3.63, 3.8) is 0 Å². The first-order valence-electron chi connectivity index (χ1n) is 7.91. The van der Waals surface area contributed by atoms with Crippen LogP contribution in [0.1, 0.15) is 39.0 Å². The Morgan fingerprint density at radius 2 is 2.10 bits per heavy atom. The Kier molecular flexibility index (Phi) is 5.45. The van der Waals surface area contributed by atoms with Crippen LogP contribution >= 0.6 is 0 Å². The Bertz CT molecular complexity index is 380. The van der Waals surface area contributed by atoms with E-state index in [0.717, 1.165) is 25.9 Å². The first kappa shape index (κ1) is 16.1. The number of urea groups is 1. The molecule has 2 saturated heterocycles. The quantitative estimate of drug-likeness (QED) is 0.828. The number of piperidine rings is 1. The molecule has 2 aliphatic heterocycles. The molecule has 1 unspecified atom stereocenters. The van der Waals surface area contributed by atoms with Crippen molar-refractivity contribution in [2.45, 2.75) is 39.0 Å². The lowest BCUT2D eigenvalue weighted by atomic mass is 9.80. The molecule has 0 aromatic heterocycles. The van der Waals surface area contributed by atoms with Crippen LogP contribution in [0.3, 0.4) is 0 Å². The second-order valence-corrected chi connectivity index (χ2v) is 6.22. The fourth-order valence-electron chi connectivity index (χ4n) is 3.17. The van der Waals surface area contributed by atoms with Crippen LogP contribution in [-0.2, 0) is 9.53 Å². The predicted octanol–water partition coefficient (Wildman–Crippen LogP) is 1.70. The SMILES string of the molecule is CCC1CCCN(C(=O)NCC2(C(=O)O)CCOCC2)C1. The number of amides is 2. The average Bonchev–Trinajstić information content (AvgIpc) is 2.53. The molecule has 2 heterocycles. The number of carbonyl (C=O) groups excluding carboxylic acids is 1. The van der Waals surface area contributed by atoms with Gasteiger partial charge in [0, 0.05) is 32.8 Å². The third-order valence-corrected chi connectivity index (χ3v) is 4.87. The van der Waals surface area contributed by atoms with Crippen molar-refractivity contribution in [2.24, 2.45) is 11.3 Å². The lowest BCUT2D eigenvalue weighted by Crippen LogP contribution is -2.51. The predicted molar refractivity (Wildman–Crippen MR) is 78.1 cm³/mol. The lowest BCUT2D eigenvalue weighted by molar-refractivity contribution is -0.154. The Labute approximate surface area is 125 Å². The van der Waals surface area contributed by atoms with Crippen molar-refractivity contribution >= 4 is 12.0 Å². The zero-order valence-corrected chi connectivity index (χ0v) is 12.8. The number of carboxylic acid groups (broad SMARTS) is 1. The van der Waals surface area contributed by atoms with E-state index in [9.17, 15) is 14.7 Å². The van der Waals surface area contributed by atoms with Crippen molar-refractivity contribution in [3.8, 4) is 0 Å². The summed E-state index contributed by atoms with van der Waals surface area (Å²) in [5.74, 6) is -0.266. The number of likely N-dealkylation sites (tertiary alicyclic amines) is 1. The van der Waals surface area contributed by atoms with Gasteiger partial charge in [0.25, 0.3) is 0 Å². The summed E-state index contributed by atoms with van der Waals surface area (Å²) in [6, 6.07) is -0.125. The molecule has 6 heteroatoms. The summed E-state index contributed by atoms with van der Waals surface area (Å²) < 4.78 is 5.24. The highest BCUT2D eigenvalue weighted by Crippen LogP contribution is 2.30. The minimum Gasteiger partial charge on any atom is -0.481 e. The van der Waals surface area contributed by atoms with Crippen LogP contribution in [0.15, 0.2) is 0 Å². The summed E-state index contributed by atoms with van der Waals surface area (Å²) in [6.07, 6.45) is 4.21. The number of carboxylic acids is 1. The molecule has 2 N–H and O–H groups in total. The summed E-state index contributed by atoms with van der Waals surface area (Å²) in [5.41, 5.74) is -0.867. The zero-order valence-electron chi connectivity index (χ0n) is 12.8. The minimum absolute atomic E-state index is 0.125. The molecular weight excluding hydrogens is 272 g/mol. The Morgan fingerprint density at radius 3 is 2.71 bits per heavy atom. The third-order valence-electron chi connectivity index (χ3n) is 4.87. The molecular formula is C15H26N2O4. The van der Waals surface area contributed by atoms with E-state index in [4.69, 9.17) is 4.74 Å². The van der Waals surface area contributed by atoms with Gasteiger partial charge in [0.1, 0.15) is 0 Å². The van der Waals surface area contributed by atoms with Gasteiger partial charge in [-0.2, -0.15) is 0 Å². The van der Waals surface area contributed by atoms with Gasteiger partial charge in [-0.3, -0.25) is 4.79 Å². The van der Waals surface area contributed by atoms with E-state index >= 15 is 0 Å². The normalized spacial score (nSPS) is 25.4. The number of rotatable bonds is 4. The summed E-state index contributed by atoms with van der Waals surface area (Å²) in [4.78, 5) is 25.6. The molecule has 0 aromatic rings. The number of carbonyl (C=O) groups is 2. The monoisotopic (exact) mass is 298 g/mol. The van der Waals surface area contributed by atoms with E-state index in [2.05, 4.69) is 12.2 Å². The number of nitrogens with one attached hydrogen (secondary N) is 1. The molecule has 0 saturated carbocycles. The highest BCUT2D eigenvalue weighted by atomic mass is 16.5. The molecule has 2 rings (SSSR count). The van der Waals surface area contributed by atoms with Crippen molar-refractivity contribution in [1.82, 2.24) is 10.2 Å². The number of hydrogen-bond donors (Lipinski definition) is 2. The van der Waals surface area contributed by atoms with Crippen LogP contribution in [0.5, 0.6) is 0 Å². The molecule has 0 aliphatic carbocycles. The van der Waals surface area contributed by atoms with E-state index in [1.807, 2.05) is 4.90 Å². The van der Waals surface area contributed by atoms with Gasteiger partial charge >= 0.3 is 12.0 Å². The van der Waals surface area contributed by atoms with Gasteiger partial charge in [-0.25, -0.2) is 4.79 Å². The molecule has 0 bridgehead atoms. The van der Waals surface area contributed by atoms with E-state index in [1.54, 1.807) is 0 Å². The second-order valence-electron chi connectivity index (χ2n) is 6.22. The van der Waals surface area contributed by atoms with Gasteiger partial charge < -0.3 is 20.1 Å². The molecule has 0 spiro atoms. The summed E-state index contributed by atoms with van der Waals surface area (Å²) in [5, 5.41) is 12.3. The standard InChI is InChI=1S/C15H26N2O4/c1-2-12-4-3-7-17(10-12)14(20)16-11-15(13(18)19)5-8-21-9-6-15/h12H,2-11H2,1H3,(H,16,20)(H,18,19). The maximum absolute atomic E-state index is 12.3. The number of hydrogen-bond acceptors (Lipinski definition) is 3. The fraction of sp³-hybridized carbons (Fsp3) is 0.867. The van der Waals surface area contributed by atoms with E-state index in [-0.39, 0.29) is 12.6 Å². The zero-order chi connectivity index (χ0) is 15.3. The average molecular weight is 298 g/mol.